The van der Waals surface area contributed by atoms with E-state index in [0.717, 1.165) is 0 Å². The van der Waals surface area contributed by atoms with Crippen LogP contribution in [0.1, 0.15) is 17.2 Å². The lowest BCUT2D eigenvalue weighted by Gasteiger charge is -2.39. The summed E-state index contributed by atoms with van der Waals surface area (Å²) >= 11 is 0. The molecule has 10 nitrogen and oxygen atoms in total. The van der Waals surface area contributed by atoms with Crippen LogP contribution in [0.4, 0.5) is 0 Å². The van der Waals surface area contributed by atoms with E-state index in [-0.39, 0.29) is 12.4 Å². The Hall–Kier alpha value is -2.60. The van der Waals surface area contributed by atoms with Gasteiger partial charge in [-0.3, -0.25) is 0 Å². The Morgan fingerprint density at radius 3 is 2.50 bits per heavy atom. The minimum absolute atomic E-state index is 0.0481. The van der Waals surface area contributed by atoms with Crippen molar-refractivity contribution in [1.29, 1.82) is 0 Å². The maximum Gasteiger partial charge on any atom is 0.229 e. The quantitative estimate of drug-likeness (QED) is 0.418. The van der Waals surface area contributed by atoms with Crippen LogP contribution in [-0.4, -0.2) is 76.6 Å². The van der Waals surface area contributed by atoms with E-state index in [1.165, 1.54) is 0 Å². The highest BCUT2D eigenvalue weighted by atomic mass is 16.7. The molecule has 3 aliphatic heterocycles. The summed E-state index contributed by atoms with van der Waals surface area (Å²) in [4.78, 5) is 0. The second kappa shape index (κ2) is 7.77. The third kappa shape index (κ3) is 3.19. The van der Waals surface area contributed by atoms with Crippen LogP contribution in [0.5, 0.6) is 23.0 Å². The van der Waals surface area contributed by atoms with Crippen molar-refractivity contribution in [2.45, 2.75) is 42.4 Å². The first kappa shape index (κ1) is 21.3. The van der Waals surface area contributed by atoms with Gasteiger partial charge < -0.3 is 49.2 Å². The van der Waals surface area contributed by atoms with Crippen molar-refractivity contribution < 1.29 is 49.2 Å². The third-order valence-corrected chi connectivity index (χ3v) is 6.15. The first-order valence-electron chi connectivity index (χ1n) is 10.2. The van der Waals surface area contributed by atoms with Crippen LogP contribution in [0.15, 0.2) is 36.4 Å². The number of benzene rings is 2. The van der Waals surface area contributed by atoms with Gasteiger partial charge in [-0.15, -0.1) is 0 Å². The number of aliphatic hydroxyl groups is 5. The molecule has 0 radical (unpaired) electrons. The molecule has 1 saturated heterocycles. The lowest BCUT2D eigenvalue weighted by Crippen LogP contribution is -2.60. The predicted octanol–water partition coefficient (Wildman–Crippen LogP) is -0.412. The third-order valence-electron chi connectivity index (χ3n) is 6.15. The summed E-state index contributed by atoms with van der Waals surface area (Å²) in [5.74, 6) is 1.79. The van der Waals surface area contributed by atoms with Crippen LogP contribution < -0.4 is 18.9 Å². The SMILES string of the molecule is COc1ccc2c(c1)OC1c3ccc(O[C@@H]4O[C@H](CO)[C@@H](O)[C@@H](O)[C@H]4O)cc3OCC21O. The minimum atomic E-state index is -1.54. The van der Waals surface area contributed by atoms with Gasteiger partial charge in [0.05, 0.1) is 13.7 Å². The molecule has 10 heteroatoms. The van der Waals surface area contributed by atoms with Crippen molar-refractivity contribution in [3.63, 3.8) is 0 Å². The van der Waals surface area contributed by atoms with Gasteiger partial charge in [0.25, 0.3) is 0 Å². The van der Waals surface area contributed by atoms with Gasteiger partial charge in [-0.2, -0.15) is 0 Å². The summed E-state index contributed by atoms with van der Waals surface area (Å²) in [7, 11) is 1.55. The van der Waals surface area contributed by atoms with E-state index in [4.69, 9.17) is 23.7 Å². The van der Waals surface area contributed by atoms with E-state index in [1.807, 2.05) is 0 Å². The molecule has 2 aromatic rings. The van der Waals surface area contributed by atoms with Gasteiger partial charge in [-0.05, 0) is 24.3 Å². The Morgan fingerprint density at radius 1 is 1.00 bits per heavy atom. The number of aliphatic hydroxyl groups excluding tert-OH is 4. The molecule has 172 valence electrons. The Balaban J connectivity index is 1.39. The summed E-state index contributed by atoms with van der Waals surface area (Å²) in [6.45, 7) is -0.603. The smallest absolute Gasteiger partial charge is 0.229 e. The zero-order chi connectivity index (χ0) is 22.6. The van der Waals surface area contributed by atoms with E-state index in [1.54, 1.807) is 43.5 Å². The molecule has 0 bridgehead atoms. The first-order chi connectivity index (χ1) is 15.4. The van der Waals surface area contributed by atoms with E-state index >= 15 is 0 Å². The van der Waals surface area contributed by atoms with Crippen molar-refractivity contribution in [2.24, 2.45) is 0 Å². The lowest BCUT2D eigenvalue weighted by atomic mass is 9.85. The lowest BCUT2D eigenvalue weighted by molar-refractivity contribution is -0.277. The average Bonchev–Trinajstić information content (AvgIpc) is 3.11. The number of hydrogen-bond acceptors (Lipinski definition) is 10. The second-order valence-corrected chi connectivity index (χ2v) is 8.09. The summed E-state index contributed by atoms with van der Waals surface area (Å²) in [6, 6.07) is 10.0. The van der Waals surface area contributed by atoms with E-state index in [0.29, 0.717) is 28.4 Å². The van der Waals surface area contributed by atoms with E-state index in [2.05, 4.69) is 0 Å². The fourth-order valence-electron chi connectivity index (χ4n) is 4.34. The largest absolute Gasteiger partial charge is 0.497 e. The van der Waals surface area contributed by atoms with Crippen molar-refractivity contribution in [3.05, 3.63) is 47.5 Å². The van der Waals surface area contributed by atoms with Crippen LogP contribution in [0, 0.1) is 0 Å². The van der Waals surface area contributed by atoms with Gasteiger partial charge in [-0.25, -0.2) is 0 Å². The van der Waals surface area contributed by atoms with Crippen molar-refractivity contribution >= 4 is 0 Å². The van der Waals surface area contributed by atoms with Gasteiger partial charge in [-0.1, -0.05) is 0 Å². The molecule has 0 spiro atoms. The van der Waals surface area contributed by atoms with Gasteiger partial charge in [0.15, 0.2) is 11.7 Å². The maximum atomic E-state index is 11.3. The molecule has 2 unspecified atom stereocenters. The normalized spacial score (nSPS) is 35.1. The number of hydrogen-bond donors (Lipinski definition) is 5. The van der Waals surface area contributed by atoms with Crippen molar-refractivity contribution in [3.8, 4) is 23.0 Å². The fraction of sp³-hybridized carbons (Fsp3) is 0.455. The topological polar surface area (TPSA) is 147 Å². The number of ether oxygens (including phenoxy) is 5. The number of fused-ring (bicyclic) bond motifs is 5. The molecular weight excluding hydrogens is 424 g/mol. The van der Waals surface area contributed by atoms with Crippen molar-refractivity contribution in [2.75, 3.05) is 20.3 Å². The van der Waals surface area contributed by atoms with Crippen molar-refractivity contribution in [1.82, 2.24) is 0 Å². The highest BCUT2D eigenvalue weighted by Crippen LogP contribution is 2.54. The number of rotatable bonds is 4. The monoisotopic (exact) mass is 448 g/mol. The Kier molecular flexibility index (Phi) is 5.16. The molecule has 1 fully saturated rings. The Labute approximate surface area is 183 Å². The highest BCUT2D eigenvalue weighted by molar-refractivity contribution is 5.54. The number of methoxy groups -OCH3 is 1. The predicted molar refractivity (Wildman–Crippen MR) is 107 cm³/mol. The molecule has 2 aromatic carbocycles. The zero-order valence-corrected chi connectivity index (χ0v) is 17.1. The molecule has 0 aliphatic carbocycles. The van der Waals surface area contributed by atoms with Crippen LogP contribution in [0.25, 0.3) is 0 Å². The van der Waals surface area contributed by atoms with Gasteiger partial charge in [0, 0.05) is 23.3 Å². The molecule has 3 aliphatic rings. The van der Waals surface area contributed by atoms with Gasteiger partial charge in [0.1, 0.15) is 54.0 Å². The van der Waals surface area contributed by atoms with Crippen LogP contribution in [-0.2, 0) is 10.3 Å². The molecule has 5 N–H and O–H groups in total. The molecule has 7 atom stereocenters. The molecule has 0 saturated carbocycles. The standard InChI is InChI=1S/C22H24O10/c1-28-10-3-5-13-15(6-10)31-20-12-4-2-11(7-14(12)29-9-22(13,20)27)30-21-19(26)18(25)17(24)16(8-23)32-21/h2-7,16-21,23-27H,8-9H2,1H3/t16-,17-,18-,19-,20?,21-,22?/m1/s1. The summed E-state index contributed by atoms with van der Waals surface area (Å²) < 4.78 is 28.1. The minimum Gasteiger partial charge on any atom is -0.497 e. The molecule has 5 rings (SSSR count). The van der Waals surface area contributed by atoms with Gasteiger partial charge >= 0.3 is 0 Å². The fourth-order valence-corrected chi connectivity index (χ4v) is 4.34. The average molecular weight is 448 g/mol. The molecule has 32 heavy (non-hydrogen) atoms. The second-order valence-electron chi connectivity index (χ2n) is 8.09. The van der Waals surface area contributed by atoms with Gasteiger partial charge in [0.2, 0.25) is 6.29 Å². The summed E-state index contributed by atoms with van der Waals surface area (Å²) in [5, 5.41) is 50.7. The van der Waals surface area contributed by atoms with Crippen LogP contribution in [0.3, 0.4) is 0 Å². The molecule has 3 heterocycles. The summed E-state index contributed by atoms with van der Waals surface area (Å²) in [6.07, 6.45) is -7.64. The summed E-state index contributed by atoms with van der Waals surface area (Å²) in [5.41, 5.74) is -0.153. The van der Waals surface area contributed by atoms with Crippen LogP contribution in [0.2, 0.25) is 0 Å². The maximum absolute atomic E-state index is 11.3. The van der Waals surface area contributed by atoms with E-state index < -0.39 is 49.0 Å². The molecule has 0 amide bonds. The Morgan fingerprint density at radius 2 is 1.75 bits per heavy atom. The molecule has 0 aromatic heterocycles. The highest BCUT2D eigenvalue weighted by Gasteiger charge is 2.53. The molecular formula is C22H24O10. The van der Waals surface area contributed by atoms with Crippen LogP contribution >= 0.6 is 0 Å². The Bertz CT molecular complexity index is 1010. The van der Waals surface area contributed by atoms with E-state index in [9.17, 15) is 25.5 Å². The first-order valence-corrected chi connectivity index (χ1v) is 10.2. The zero-order valence-electron chi connectivity index (χ0n) is 17.1.